The Balaban J connectivity index is 1.59. The van der Waals surface area contributed by atoms with Gasteiger partial charge in [-0.2, -0.15) is 4.98 Å². The van der Waals surface area contributed by atoms with Crippen molar-refractivity contribution in [2.45, 2.75) is 0 Å². The lowest BCUT2D eigenvalue weighted by molar-refractivity contribution is 0.587. The first-order valence-corrected chi connectivity index (χ1v) is 10.7. The van der Waals surface area contributed by atoms with Crippen LogP contribution < -0.4 is 5.56 Å². The van der Waals surface area contributed by atoms with Crippen LogP contribution in [-0.2, 0) is 0 Å². The molecule has 34 heavy (non-hydrogen) atoms. The highest BCUT2D eigenvalue weighted by atomic mass is 35.5. The summed E-state index contributed by atoms with van der Waals surface area (Å²) in [6.45, 7) is 0. The molecular formula is C26H14ClFN4O2. The lowest BCUT2D eigenvalue weighted by atomic mass is 10.1. The monoisotopic (exact) mass is 468 g/mol. The Morgan fingerprint density at radius 1 is 0.882 bits per heavy atom. The SMILES string of the molecule is O=c1c2ncccc2ccn1-c1nc(-c2ccc3c(Cl)nccc3c2)oc1-c1ccc(F)cc1. The smallest absolute Gasteiger partial charge is 0.282 e. The predicted molar refractivity (Wildman–Crippen MR) is 129 cm³/mol. The van der Waals surface area contributed by atoms with Crippen molar-refractivity contribution >= 4 is 33.3 Å². The molecule has 164 valence electrons. The van der Waals surface area contributed by atoms with Gasteiger partial charge in [-0.15, -0.1) is 0 Å². The Kier molecular flexibility index (Phi) is 4.71. The molecule has 0 amide bonds. The number of benzene rings is 2. The molecule has 4 aromatic heterocycles. The number of oxazole rings is 1. The van der Waals surface area contributed by atoms with E-state index in [4.69, 9.17) is 16.0 Å². The summed E-state index contributed by atoms with van der Waals surface area (Å²) in [5, 5.41) is 2.79. The van der Waals surface area contributed by atoms with E-state index in [1.54, 1.807) is 42.9 Å². The molecule has 0 radical (unpaired) electrons. The van der Waals surface area contributed by atoms with Crippen LogP contribution in [0.5, 0.6) is 0 Å². The fourth-order valence-corrected chi connectivity index (χ4v) is 4.12. The number of pyridine rings is 3. The standard InChI is InChI=1S/C26H14ClFN4O2/c27-23-20-8-5-18(14-17(20)9-12-30-23)25-31-24(22(34-25)16-3-6-19(28)7-4-16)32-13-10-15-2-1-11-29-21(15)26(32)33/h1-14H. The van der Waals surface area contributed by atoms with Crippen LogP contribution in [0.3, 0.4) is 0 Å². The molecule has 0 aliphatic carbocycles. The Morgan fingerprint density at radius 2 is 1.71 bits per heavy atom. The van der Waals surface area contributed by atoms with Gasteiger partial charge in [-0.25, -0.2) is 9.37 Å². The summed E-state index contributed by atoms with van der Waals surface area (Å²) >= 11 is 6.20. The van der Waals surface area contributed by atoms with Crippen LogP contribution in [0, 0.1) is 5.82 Å². The van der Waals surface area contributed by atoms with E-state index >= 15 is 0 Å². The Bertz CT molecular complexity index is 1760. The van der Waals surface area contributed by atoms with Crippen LogP contribution >= 0.6 is 11.6 Å². The van der Waals surface area contributed by atoms with Crippen LogP contribution in [0.2, 0.25) is 5.15 Å². The summed E-state index contributed by atoms with van der Waals surface area (Å²) in [6, 6.07) is 18.6. The van der Waals surface area contributed by atoms with Gasteiger partial charge >= 0.3 is 0 Å². The quantitative estimate of drug-likeness (QED) is 0.296. The Hall–Kier alpha value is -4.36. The fourth-order valence-electron chi connectivity index (χ4n) is 3.90. The van der Waals surface area contributed by atoms with E-state index in [-0.39, 0.29) is 17.2 Å². The molecule has 6 aromatic rings. The highest BCUT2D eigenvalue weighted by molar-refractivity contribution is 6.34. The second-order valence-electron chi connectivity index (χ2n) is 7.65. The van der Waals surface area contributed by atoms with Gasteiger partial charge in [-0.1, -0.05) is 23.7 Å². The number of halogens is 2. The largest absolute Gasteiger partial charge is 0.434 e. The zero-order valence-electron chi connectivity index (χ0n) is 17.4. The minimum atomic E-state index is -0.378. The van der Waals surface area contributed by atoms with E-state index in [1.165, 1.54) is 16.7 Å². The second kappa shape index (κ2) is 7.90. The lowest BCUT2D eigenvalue weighted by Gasteiger charge is -2.05. The summed E-state index contributed by atoms with van der Waals surface area (Å²) in [5.41, 5.74) is 1.25. The molecule has 0 unspecified atom stereocenters. The Labute approximate surface area is 196 Å². The average Bonchev–Trinajstić information content (AvgIpc) is 3.30. The first-order chi connectivity index (χ1) is 16.6. The zero-order valence-corrected chi connectivity index (χ0v) is 18.2. The van der Waals surface area contributed by atoms with Crippen LogP contribution in [-0.4, -0.2) is 19.5 Å². The first kappa shape index (κ1) is 20.3. The number of nitrogens with zero attached hydrogens (tertiary/aromatic N) is 4. The van der Waals surface area contributed by atoms with E-state index in [0.29, 0.717) is 33.4 Å². The fraction of sp³-hybridized carbons (Fsp3) is 0. The van der Waals surface area contributed by atoms with Crippen LogP contribution in [0.25, 0.3) is 50.3 Å². The highest BCUT2D eigenvalue weighted by Crippen LogP contribution is 2.34. The molecule has 0 spiro atoms. The summed E-state index contributed by atoms with van der Waals surface area (Å²) in [5.74, 6) is 0.543. The van der Waals surface area contributed by atoms with E-state index in [2.05, 4.69) is 15.0 Å². The van der Waals surface area contributed by atoms with Crippen LogP contribution in [0.1, 0.15) is 0 Å². The molecule has 0 aliphatic rings. The van der Waals surface area contributed by atoms with E-state index in [9.17, 15) is 9.18 Å². The van der Waals surface area contributed by atoms with Crippen molar-refractivity contribution in [2.24, 2.45) is 0 Å². The summed E-state index contributed by atoms with van der Waals surface area (Å²) in [4.78, 5) is 26.3. The first-order valence-electron chi connectivity index (χ1n) is 10.4. The molecule has 0 fully saturated rings. The lowest BCUT2D eigenvalue weighted by Crippen LogP contribution is -2.19. The maximum Gasteiger partial charge on any atom is 0.282 e. The third-order valence-corrected chi connectivity index (χ3v) is 5.87. The number of rotatable bonds is 3. The van der Waals surface area contributed by atoms with Gasteiger partial charge in [0, 0.05) is 40.5 Å². The van der Waals surface area contributed by atoms with Gasteiger partial charge in [0.25, 0.3) is 5.56 Å². The van der Waals surface area contributed by atoms with E-state index in [1.807, 2.05) is 30.3 Å². The number of fused-ring (bicyclic) bond motifs is 2. The Morgan fingerprint density at radius 3 is 2.56 bits per heavy atom. The number of hydrogen-bond acceptors (Lipinski definition) is 5. The summed E-state index contributed by atoms with van der Waals surface area (Å²) in [7, 11) is 0. The van der Waals surface area contributed by atoms with Crippen molar-refractivity contribution in [3.8, 4) is 28.6 Å². The van der Waals surface area contributed by atoms with Gasteiger partial charge in [0.2, 0.25) is 5.89 Å². The number of hydrogen-bond donors (Lipinski definition) is 0. The molecule has 0 aliphatic heterocycles. The van der Waals surface area contributed by atoms with Crippen molar-refractivity contribution in [3.05, 3.63) is 107 Å². The minimum Gasteiger partial charge on any atom is -0.434 e. The van der Waals surface area contributed by atoms with Crippen LogP contribution in [0.15, 0.2) is 94.5 Å². The second-order valence-corrected chi connectivity index (χ2v) is 8.01. The normalized spacial score (nSPS) is 11.4. The molecule has 6 rings (SSSR count). The van der Waals surface area contributed by atoms with Crippen molar-refractivity contribution < 1.29 is 8.81 Å². The molecule has 4 heterocycles. The van der Waals surface area contributed by atoms with Crippen molar-refractivity contribution in [1.29, 1.82) is 0 Å². The molecular weight excluding hydrogens is 455 g/mol. The van der Waals surface area contributed by atoms with E-state index in [0.717, 1.165) is 16.2 Å². The topological polar surface area (TPSA) is 73.8 Å². The molecule has 0 atom stereocenters. The third kappa shape index (κ3) is 3.34. The molecule has 8 heteroatoms. The van der Waals surface area contributed by atoms with Crippen molar-refractivity contribution in [1.82, 2.24) is 19.5 Å². The predicted octanol–water partition coefficient (Wildman–Crippen LogP) is 6.05. The van der Waals surface area contributed by atoms with Gasteiger partial charge < -0.3 is 4.42 Å². The molecule has 2 aromatic carbocycles. The van der Waals surface area contributed by atoms with Gasteiger partial charge in [0.15, 0.2) is 11.6 Å². The van der Waals surface area contributed by atoms with Crippen LogP contribution in [0.4, 0.5) is 4.39 Å². The molecule has 0 saturated heterocycles. The minimum absolute atomic E-state index is 0.284. The molecule has 0 bridgehead atoms. The summed E-state index contributed by atoms with van der Waals surface area (Å²) < 4.78 is 21.1. The average molecular weight is 469 g/mol. The van der Waals surface area contributed by atoms with Gasteiger partial charge in [0.05, 0.1) is 0 Å². The van der Waals surface area contributed by atoms with E-state index < -0.39 is 0 Å². The summed E-state index contributed by atoms with van der Waals surface area (Å²) in [6.07, 6.45) is 4.83. The highest BCUT2D eigenvalue weighted by Gasteiger charge is 2.20. The third-order valence-electron chi connectivity index (χ3n) is 5.57. The van der Waals surface area contributed by atoms with Gasteiger partial charge in [0.1, 0.15) is 16.5 Å². The molecule has 6 nitrogen and oxygen atoms in total. The van der Waals surface area contributed by atoms with Gasteiger partial charge in [-0.05, 0) is 60.0 Å². The molecule has 0 N–H and O–H groups in total. The maximum atomic E-state index is 13.6. The number of aromatic nitrogens is 4. The maximum absolute atomic E-state index is 13.6. The van der Waals surface area contributed by atoms with Crippen molar-refractivity contribution in [3.63, 3.8) is 0 Å². The van der Waals surface area contributed by atoms with Gasteiger partial charge in [-0.3, -0.25) is 14.3 Å². The molecule has 0 saturated carbocycles. The van der Waals surface area contributed by atoms with Crippen molar-refractivity contribution in [2.75, 3.05) is 0 Å². The zero-order chi connectivity index (χ0) is 23.2.